The van der Waals surface area contributed by atoms with Crippen LogP contribution in [0.1, 0.15) is 0 Å². The molecule has 8 heteroatoms. The Labute approximate surface area is 146 Å². The van der Waals surface area contributed by atoms with Crippen LogP contribution in [0.3, 0.4) is 0 Å². The Morgan fingerprint density at radius 3 is 2.43 bits per heavy atom. The zero-order chi connectivity index (χ0) is 16.6. The van der Waals surface area contributed by atoms with Gasteiger partial charge in [0, 0.05) is 18.6 Å². The van der Waals surface area contributed by atoms with E-state index < -0.39 is 9.84 Å². The van der Waals surface area contributed by atoms with Crippen molar-refractivity contribution in [1.82, 2.24) is 4.98 Å². The van der Waals surface area contributed by atoms with Crippen molar-refractivity contribution in [3.8, 4) is 10.8 Å². The number of hydrogen-bond donors (Lipinski definition) is 0. The molecule has 3 aromatic rings. The van der Waals surface area contributed by atoms with Gasteiger partial charge in [0.25, 0.3) is 0 Å². The van der Waals surface area contributed by atoms with E-state index in [1.165, 1.54) is 11.3 Å². The molecule has 0 aliphatic carbocycles. The van der Waals surface area contributed by atoms with Crippen molar-refractivity contribution in [2.75, 3.05) is 19.0 Å². The number of rotatable bonds is 4. The first kappa shape index (κ1) is 16.2. The maximum atomic E-state index is 12.9. The Kier molecular flexibility index (Phi) is 4.31. The molecule has 1 aromatic carbocycles. The van der Waals surface area contributed by atoms with Crippen LogP contribution in [0, 0.1) is 0 Å². The fraction of sp³-hybridized carbons (Fsp3) is 0.133. The average Bonchev–Trinajstić information content (AvgIpc) is 3.17. The molecule has 0 aliphatic rings. The van der Waals surface area contributed by atoms with Crippen molar-refractivity contribution in [3.05, 3.63) is 46.3 Å². The summed E-state index contributed by atoms with van der Waals surface area (Å²) in [6, 6.07) is 10.1. The molecule has 0 radical (unpaired) electrons. The average molecular weight is 413 g/mol. The standard InChI is InChI=1S/C15H13BrN2O3S2/c1-18(2)15-14(17-13(21-15)12-4-3-9-22-12)23(19,20)11-7-5-10(16)6-8-11/h3-9H,1-2H3. The molecule has 3 rings (SSSR count). The van der Waals surface area contributed by atoms with E-state index in [4.69, 9.17) is 4.42 Å². The Morgan fingerprint density at radius 2 is 1.87 bits per heavy atom. The second kappa shape index (κ2) is 6.10. The predicted octanol–water partition coefficient (Wildman–Crippen LogP) is 4.06. The van der Waals surface area contributed by atoms with E-state index in [1.54, 1.807) is 43.3 Å². The highest BCUT2D eigenvalue weighted by atomic mass is 79.9. The van der Waals surface area contributed by atoms with Crippen molar-refractivity contribution in [1.29, 1.82) is 0 Å². The third-order valence-corrected chi connectivity index (χ3v) is 6.15. The number of thiophene rings is 1. The molecule has 0 unspecified atom stereocenters. The van der Waals surface area contributed by atoms with Gasteiger partial charge in [-0.05, 0) is 35.7 Å². The molecule has 0 aliphatic heterocycles. The molecule has 0 atom stereocenters. The Morgan fingerprint density at radius 1 is 1.17 bits per heavy atom. The third-order valence-electron chi connectivity index (χ3n) is 3.10. The van der Waals surface area contributed by atoms with Crippen molar-refractivity contribution >= 4 is 43.0 Å². The summed E-state index contributed by atoms with van der Waals surface area (Å²) in [6.45, 7) is 0. The molecule has 2 aromatic heterocycles. The lowest BCUT2D eigenvalue weighted by atomic mass is 10.4. The Balaban J connectivity index is 2.16. The predicted molar refractivity (Wildman–Crippen MR) is 93.7 cm³/mol. The third kappa shape index (κ3) is 3.06. The van der Waals surface area contributed by atoms with Gasteiger partial charge in [-0.1, -0.05) is 22.0 Å². The van der Waals surface area contributed by atoms with Gasteiger partial charge in [0.05, 0.1) is 9.77 Å². The highest BCUT2D eigenvalue weighted by Gasteiger charge is 2.29. The van der Waals surface area contributed by atoms with Gasteiger partial charge in [-0.15, -0.1) is 11.3 Å². The minimum atomic E-state index is -3.76. The Hall–Kier alpha value is -1.64. The van der Waals surface area contributed by atoms with E-state index >= 15 is 0 Å². The molecule has 120 valence electrons. The maximum Gasteiger partial charge on any atom is 0.240 e. The number of benzene rings is 1. The van der Waals surface area contributed by atoms with Crippen LogP contribution < -0.4 is 4.90 Å². The van der Waals surface area contributed by atoms with Gasteiger partial charge in [0.2, 0.25) is 26.6 Å². The topological polar surface area (TPSA) is 63.4 Å². The summed E-state index contributed by atoms with van der Waals surface area (Å²) in [6.07, 6.45) is 0. The largest absolute Gasteiger partial charge is 0.418 e. The van der Waals surface area contributed by atoms with Crippen LogP contribution in [0.4, 0.5) is 5.88 Å². The summed E-state index contributed by atoms with van der Waals surface area (Å²) in [7, 11) is -0.321. The maximum absolute atomic E-state index is 12.9. The van der Waals surface area contributed by atoms with Crippen LogP contribution in [0.25, 0.3) is 10.8 Å². The van der Waals surface area contributed by atoms with Gasteiger partial charge in [0.1, 0.15) is 0 Å². The van der Waals surface area contributed by atoms with Gasteiger partial charge < -0.3 is 9.32 Å². The van der Waals surface area contributed by atoms with Crippen molar-refractivity contribution < 1.29 is 12.8 Å². The van der Waals surface area contributed by atoms with Crippen LogP contribution in [-0.2, 0) is 9.84 Å². The molecular weight excluding hydrogens is 400 g/mol. The molecule has 0 N–H and O–H groups in total. The lowest BCUT2D eigenvalue weighted by molar-refractivity contribution is 0.565. The van der Waals surface area contributed by atoms with Gasteiger partial charge in [0.15, 0.2) is 0 Å². The minimum absolute atomic E-state index is 0.0757. The molecule has 0 spiro atoms. The normalized spacial score (nSPS) is 11.6. The number of anilines is 1. The van der Waals surface area contributed by atoms with E-state index in [1.807, 2.05) is 17.5 Å². The smallest absolute Gasteiger partial charge is 0.240 e. The number of aromatic nitrogens is 1. The van der Waals surface area contributed by atoms with Crippen LogP contribution in [0.15, 0.2) is 60.6 Å². The zero-order valence-corrected chi connectivity index (χ0v) is 15.6. The molecule has 0 fully saturated rings. The van der Waals surface area contributed by atoms with Gasteiger partial charge >= 0.3 is 0 Å². The van der Waals surface area contributed by atoms with Gasteiger partial charge in [-0.2, -0.15) is 4.98 Å². The first-order valence-electron chi connectivity index (χ1n) is 6.62. The molecule has 0 saturated carbocycles. The zero-order valence-electron chi connectivity index (χ0n) is 12.4. The highest BCUT2D eigenvalue weighted by Crippen LogP contribution is 2.35. The second-order valence-corrected chi connectivity index (χ2v) is 8.69. The molecule has 0 amide bonds. The summed E-state index contributed by atoms with van der Waals surface area (Å²) in [4.78, 5) is 6.81. The Bertz CT molecular complexity index is 914. The fourth-order valence-corrected chi connectivity index (χ4v) is 4.27. The van der Waals surface area contributed by atoms with Gasteiger partial charge in [-0.3, -0.25) is 0 Å². The lowest BCUT2D eigenvalue weighted by Gasteiger charge is -2.10. The summed E-state index contributed by atoms with van der Waals surface area (Å²) < 4.78 is 32.3. The lowest BCUT2D eigenvalue weighted by Crippen LogP contribution is -2.13. The number of nitrogens with zero attached hydrogens (tertiary/aromatic N) is 2. The molecular formula is C15H13BrN2O3S2. The van der Waals surface area contributed by atoms with Gasteiger partial charge in [-0.25, -0.2) is 8.42 Å². The van der Waals surface area contributed by atoms with Crippen molar-refractivity contribution in [3.63, 3.8) is 0 Å². The minimum Gasteiger partial charge on any atom is -0.418 e. The quantitative estimate of drug-likeness (QED) is 0.646. The van der Waals surface area contributed by atoms with Crippen LogP contribution in [0.5, 0.6) is 0 Å². The molecule has 23 heavy (non-hydrogen) atoms. The molecule has 5 nitrogen and oxygen atoms in total. The van der Waals surface area contributed by atoms with Crippen LogP contribution in [-0.4, -0.2) is 27.5 Å². The van der Waals surface area contributed by atoms with E-state index in [0.29, 0.717) is 5.89 Å². The van der Waals surface area contributed by atoms with E-state index in [-0.39, 0.29) is 15.8 Å². The van der Waals surface area contributed by atoms with Crippen molar-refractivity contribution in [2.45, 2.75) is 9.92 Å². The summed E-state index contributed by atoms with van der Waals surface area (Å²) in [5.41, 5.74) is 0. The SMILES string of the molecule is CN(C)c1oc(-c2cccs2)nc1S(=O)(=O)c1ccc(Br)cc1. The van der Waals surface area contributed by atoms with Crippen molar-refractivity contribution in [2.24, 2.45) is 0 Å². The number of oxazole rings is 1. The fourth-order valence-electron chi connectivity index (χ4n) is 1.99. The molecule has 0 bridgehead atoms. The summed E-state index contributed by atoms with van der Waals surface area (Å²) in [5.74, 6) is 0.524. The number of halogens is 1. The molecule has 0 saturated heterocycles. The monoisotopic (exact) mass is 412 g/mol. The number of hydrogen-bond acceptors (Lipinski definition) is 6. The second-order valence-electron chi connectivity index (χ2n) is 4.96. The first-order chi connectivity index (χ1) is 10.9. The number of sulfone groups is 1. The molecule has 2 heterocycles. The van der Waals surface area contributed by atoms with Crippen LogP contribution >= 0.6 is 27.3 Å². The van der Waals surface area contributed by atoms with E-state index in [2.05, 4.69) is 20.9 Å². The summed E-state index contributed by atoms with van der Waals surface area (Å²) >= 11 is 4.74. The van der Waals surface area contributed by atoms with Crippen LogP contribution in [0.2, 0.25) is 0 Å². The summed E-state index contributed by atoms with van der Waals surface area (Å²) in [5, 5.41) is 1.81. The van der Waals surface area contributed by atoms with E-state index in [9.17, 15) is 8.42 Å². The highest BCUT2D eigenvalue weighted by molar-refractivity contribution is 9.10. The van der Waals surface area contributed by atoms with E-state index in [0.717, 1.165) is 9.35 Å². The first-order valence-corrected chi connectivity index (χ1v) is 9.78.